The normalized spacial score (nSPS) is 24.4. The molecule has 0 radical (unpaired) electrons. The summed E-state index contributed by atoms with van der Waals surface area (Å²) in [7, 11) is -3.02. The molecule has 0 spiro atoms. The maximum atomic E-state index is 12.5. The molecular weight excluding hydrogens is 392 g/mol. The van der Waals surface area contributed by atoms with Crippen LogP contribution in [0.1, 0.15) is 11.1 Å². The van der Waals surface area contributed by atoms with Crippen molar-refractivity contribution in [2.24, 2.45) is 4.99 Å². The second-order valence-corrected chi connectivity index (χ2v) is 10.5. The van der Waals surface area contributed by atoms with E-state index in [-0.39, 0.29) is 35.1 Å². The van der Waals surface area contributed by atoms with Gasteiger partial charge in [0.25, 0.3) is 5.91 Å². The molecule has 4 rings (SSSR count). The topological polar surface area (TPSA) is 66.8 Å². The Bertz CT molecular complexity index is 975. The van der Waals surface area contributed by atoms with E-state index in [9.17, 15) is 13.2 Å². The van der Waals surface area contributed by atoms with Gasteiger partial charge in [-0.2, -0.15) is 4.99 Å². The molecule has 28 heavy (non-hydrogen) atoms. The first kappa shape index (κ1) is 19.2. The van der Waals surface area contributed by atoms with Gasteiger partial charge in [0.15, 0.2) is 15.0 Å². The van der Waals surface area contributed by atoms with Crippen molar-refractivity contribution < 1.29 is 13.2 Å². The monoisotopic (exact) mass is 414 g/mol. The zero-order chi connectivity index (χ0) is 19.6. The summed E-state index contributed by atoms with van der Waals surface area (Å²) in [6.45, 7) is 0.658. The molecule has 7 heteroatoms. The smallest absolute Gasteiger partial charge is 0.252 e. The Balaban J connectivity index is 1.51. The zero-order valence-electron chi connectivity index (χ0n) is 15.4. The highest BCUT2D eigenvalue weighted by atomic mass is 32.2. The van der Waals surface area contributed by atoms with E-state index in [0.29, 0.717) is 11.7 Å². The van der Waals surface area contributed by atoms with Gasteiger partial charge in [-0.25, -0.2) is 8.42 Å². The zero-order valence-corrected chi connectivity index (χ0v) is 17.0. The average molecular weight is 415 g/mol. The number of carbonyl (C=O) groups excluding carboxylic acids is 1. The number of amides is 1. The molecule has 1 amide bonds. The van der Waals surface area contributed by atoms with Crippen LogP contribution in [0, 0.1) is 0 Å². The van der Waals surface area contributed by atoms with Crippen molar-refractivity contribution in [1.82, 2.24) is 4.90 Å². The van der Waals surface area contributed by atoms with Crippen molar-refractivity contribution in [3.8, 4) is 0 Å². The maximum absolute atomic E-state index is 12.5. The standard InChI is InChI=1S/C21H22N2O3S2/c24-20(13-17-9-5-2-6-10-17)22-21-23(12-11-16-7-3-1-4-8-16)18-14-28(25,26)15-19(18)27-21/h1-10,18-19H,11-15H2/t18-,19-/m1/s1. The van der Waals surface area contributed by atoms with Gasteiger partial charge in [-0.1, -0.05) is 72.4 Å². The number of benzene rings is 2. The van der Waals surface area contributed by atoms with Crippen LogP contribution in [-0.4, -0.2) is 53.7 Å². The summed E-state index contributed by atoms with van der Waals surface area (Å²) in [5.74, 6) is 0.114. The number of thioether (sulfide) groups is 1. The first-order chi connectivity index (χ1) is 13.5. The lowest BCUT2D eigenvalue weighted by Crippen LogP contribution is -2.39. The minimum atomic E-state index is -3.02. The van der Waals surface area contributed by atoms with Crippen LogP contribution in [0.15, 0.2) is 65.7 Å². The summed E-state index contributed by atoms with van der Waals surface area (Å²) >= 11 is 1.44. The van der Waals surface area contributed by atoms with E-state index in [4.69, 9.17) is 0 Å². The van der Waals surface area contributed by atoms with Gasteiger partial charge in [-0.05, 0) is 17.5 Å². The summed E-state index contributed by atoms with van der Waals surface area (Å²) < 4.78 is 24.2. The molecule has 2 fully saturated rings. The van der Waals surface area contributed by atoms with Crippen LogP contribution in [0.4, 0.5) is 0 Å². The van der Waals surface area contributed by atoms with E-state index < -0.39 is 9.84 Å². The van der Waals surface area contributed by atoms with Crippen LogP contribution in [0.5, 0.6) is 0 Å². The third-order valence-corrected chi connectivity index (χ3v) is 8.33. The number of rotatable bonds is 5. The number of fused-ring (bicyclic) bond motifs is 1. The molecule has 0 aliphatic carbocycles. The second-order valence-electron chi connectivity index (χ2n) is 7.18. The summed E-state index contributed by atoms with van der Waals surface area (Å²) in [6, 6.07) is 19.5. The molecule has 5 nitrogen and oxygen atoms in total. The Morgan fingerprint density at radius 2 is 1.64 bits per heavy atom. The Morgan fingerprint density at radius 3 is 2.32 bits per heavy atom. The fourth-order valence-electron chi connectivity index (χ4n) is 3.71. The highest BCUT2D eigenvalue weighted by molar-refractivity contribution is 8.15. The van der Waals surface area contributed by atoms with Crippen LogP contribution >= 0.6 is 11.8 Å². The molecule has 2 heterocycles. The Kier molecular flexibility index (Phi) is 5.55. The van der Waals surface area contributed by atoms with Crippen molar-refractivity contribution in [3.63, 3.8) is 0 Å². The molecule has 0 bridgehead atoms. The van der Waals surface area contributed by atoms with E-state index in [2.05, 4.69) is 17.1 Å². The lowest BCUT2D eigenvalue weighted by molar-refractivity contribution is -0.117. The SMILES string of the molecule is O=C(Cc1ccccc1)N=C1S[C@@H]2CS(=O)(=O)C[C@H]2N1CCc1ccccc1. The molecule has 2 atom stereocenters. The van der Waals surface area contributed by atoms with Gasteiger partial charge in [0.2, 0.25) is 0 Å². The van der Waals surface area contributed by atoms with Gasteiger partial charge in [0.1, 0.15) is 0 Å². The first-order valence-electron chi connectivity index (χ1n) is 9.33. The molecule has 2 saturated heterocycles. The van der Waals surface area contributed by atoms with Crippen LogP contribution < -0.4 is 0 Å². The number of sulfone groups is 1. The van der Waals surface area contributed by atoms with E-state index in [1.807, 2.05) is 53.4 Å². The number of amidine groups is 1. The second kappa shape index (κ2) is 8.09. The minimum absolute atomic E-state index is 0.0379. The third-order valence-electron chi connectivity index (χ3n) is 5.08. The molecule has 0 N–H and O–H groups in total. The highest BCUT2D eigenvalue weighted by Crippen LogP contribution is 2.38. The molecule has 0 saturated carbocycles. The van der Waals surface area contributed by atoms with Crippen molar-refractivity contribution >= 4 is 32.7 Å². The van der Waals surface area contributed by atoms with Crippen molar-refractivity contribution in [2.75, 3.05) is 18.1 Å². The first-order valence-corrected chi connectivity index (χ1v) is 12.0. The predicted octanol–water partition coefficient (Wildman–Crippen LogP) is 2.57. The Morgan fingerprint density at radius 1 is 1.00 bits per heavy atom. The van der Waals surface area contributed by atoms with Crippen molar-refractivity contribution in [2.45, 2.75) is 24.1 Å². The van der Waals surface area contributed by atoms with Gasteiger partial charge in [-0.3, -0.25) is 4.79 Å². The molecule has 2 aliphatic rings. The molecule has 2 aliphatic heterocycles. The maximum Gasteiger partial charge on any atom is 0.252 e. The molecule has 0 aromatic heterocycles. The number of hydrogen-bond donors (Lipinski definition) is 0. The van der Waals surface area contributed by atoms with Crippen molar-refractivity contribution in [3.05, 3.63) is 71.8 Å². The van der Waals surface area contributed by atoms with Crippen LogP contribution in [0.2, 0.25) is 0 Å². The summed E-state index contributed by atoms with van der Waals surface area (Å²) in [6.07, 6.45) is 1.04. The summed E-state index contributed by atoms with van der Waals surface area (Å²) in [5.41, 5.74) is 2.12. The van der Waals surface area contributed by atoms with E-state index in [1.165, 1.54) is 17.3 Å². The fourth-order valence-corrected chi connectivity index (χ4v) is 7.70. The van der Waals surface area contributed by atoms with Gasteiger partial charge in [0, 0.05) is 11.8 Å². The predicted molar refractivity (Wildman–Crippen MR) is 113 cm³/mol. The quantitative estimate of drug-likeness (QED) is 0.752. The lowest BCUT2D eigenvalue weighted by atomic mass is 10.1. The highest BCUT2D eigenvalue weighted by Gasteiger charge is 2.48. The van der Waals surface area contributed by atoms with Gasteiger partial charge < -0.3 is 4.90 Å². The summed E-state index contributed by atoms with van der Waals surface area (Å²) in [4.78, 5) is 18.9. The Hall–Kier alpha value is -2.12. The number of hydrogen-bond acceptors (Lipinski definition) is 4. The Labute approximate surface area is 169 Å². The van der Waals surface area contributed by atoms with Crippen molar-refractivity contribution in [1.29, 1.82) is 0 Å². The van der Waals surface area contributed by atoms with E-state index >= 15 is 0 Å². The van der Waals surface area contributed by atoms with Gasteiger partial charge >= 0.3 is 0 Å². The van der Waals surface area contributed by atoms with Gasteiger partial charge in [0.05, 0.1) is 24.0 Å². The lowest BCUT2D eigenvalue weighted by Gasteiger charge is -2.24. The number of nitrogens with zero attached hydrogens (tertiary/aromatic N) is 2. The van der Waals surface area contributed by atoms with Crippen LogP contribution in [0.25, 0.3) is 0 Å². The molecule has 2 aromatic rings. The molecule has 146 valence electrons. The number of carbonyl (C=O) groups is 1. The van der Waals surface area contributed by atoms with Gasteiger partial charge in [-0.15, -0.1) is 0 Å². The molecular formula is C21H22N2O3S2. The van der Waals surface area contributed by atoms with Crippen LogP contribution in [0.3, 0.4) is 0 Å². The summed E-state index contributed by atoms with van der Waals surface area (Å²) in [5, 5.41) is 0.630. The minimum Gasteiger partial charge on any atom is -0.346 e. The average Bonchev–Trinajstić information content (AvgIpc) is 3.12. The molecule has 2 aromatic carbocycles. The largest absolute Gasteiger partial charge is 0.346 e. The number of aliphatic imine (C=N–C) groups is 1. The van der Waals surface area contributed by atoms with Crippen LogP contribution in [-0.2, 0) is 27.5 Å². The molecule has 0 unspecified atom stereocenters. The fraction of sp³-hybridized carbons (Fsp3) is 0.333. The van der Waals surface area contributed by atoms with E-state index in [1.54, 1.807) is 0 Å². The third kappa shape index (κ3) is 4.47. The van der Waals surface area contributed by atoms with E-state index in [0.717, 1.165) is 12.0 Å².